The third kappa shape index (κ3) is 23.7. The number of rotatable bonds is 6. The standard InChI is InChI=1S/C35H46F2N3O6.C34H44F2N3O6.C33H42F2N3O6.3V/c1-20-24-14-13-23(44-7)17-25(24)38-30-28(20)35(36,37)16-9-8-11-22-12-10-15-34(22,6)46-32(43)39-29(33(3,4)5)31(42)40-18-27(45-30)21(2)26(40)19-41;1-19-23-14-13-22(43-6)16-24(23)37-30-28(19)34(35,36)15-8-7-10-21-11-9-12-26(21)45-32(42)38-29(33(3,4)5)31(41)39-17-27(44-30)20(2)25(39)18-40;1-18-22-12-11-21(42-7)14-23(22)36-28-26(18)33(34,35)13-9-8-10-20-15-32(20,6)44-30(41)37-27(31(3,4)5)29(40)38-16-25(43-28)19(2)24(38)17-39;;;/h13-14,17,21-22,26-27,29H,8-12,15-16,18H2,1-7H3,(H,39,43);13-14,16,20-21,25-27,29H,7-12,15,17H2,1-6H3,(H,38,42);11-12,14,19-20,24-25,27H,8-10,13,15-16H2,1-7H3,(H,37,41);;;/q3*-1;;;/t21-,22+,26+,27-,29+,34+;20-,21+,25+,26+,27-,29+;19-,20+,24+,25-,27+,32+;;;/m000.../s1. The van der Waals surface area contributed by atoms with Gasteiger partial charge in [-0.2, -0.15) is 0 Å². The van der Waals surface area contributed by atoms with Crippen molar-refractivity contribution in [1.82, 2.24) is 45.6 Å². The summed E-state index contributed by atoms with van der Waals surface area (Å²) in [5, 5.41) is 10.0. The molecule has 9 aliphatic rings. The number of nitrogens with one attached hydrogen (secondary N) is 3. The number of alkyl carbamates (subject to hydrolysis) is 3. The number of alkyl halides is 6. The third-order valence-corrected chi connectivity index (χ3v) is 29.7. The summed E-state index contributed by atoms with van der Waals surface area (Å²) in [7, 11) is 4.54. The molecule has 3 saturated heterocycles. The number of hydrogen-bond acceptors (Lipinski definition) is 21. The Labute approximate surface area is 840 Å². The van der Waals surface area contributed by atoms with Crippen molar-refractivity contribution >= 4 is 87.6 Å². The number of fused-ring (bicyclic) bond motifs is 15. The number of aryl methyl sites for hydroxylation is 3. The van der Waals surface area contributed by atoms with Crippen LogP contribution in [0.15, 0.2) is 54.6 Å². The summed E-state index contributed by atoms with van der Waals surface area (Å²) in [6.07, 6.45) is 9.25. The van der Waals surface area contributed by atoms with Crippen LogP contribution in [0.25, 0.3) is 32.7 Å². The van der Waals surface area contributed by atoms with Gasteiger partial charge in [-0.3, -0.25) is 14.4 Å². The summed E-state index contributed by atoms with van der Waals surface area (Å²) >= 11 is 0. The number of amides is 6. The average molecular weight is 2040 g/mol. The number of benzene rings is 3. The quantitative estimate of drug-likeness (QED) is 0.0792. The summed E-state index contributed by atoms with van der Waals surface area (Å²) in [4.78, 5) is 136. The maximum absolute atomic E-state index is 16.3. The third-order valence-electron chi connectivity index (χ3n) is 29.7. The Balaban J connectivity index is 0.000000211. The molecule has 36 heteroatoms. The summed E-state index contributed by atoms with van der Waals surface area (Å²) in [6, 6.07) is 9.14. The Kier molecular flexibility index (Phi) is 35.5. The van der Waals surface area contributed by atoms with Crippen LogP contribution in [0, 0.1) is 72.5 Å². The van der Waals surface area contributed by atoms with E-state index in [1.54, 1.807) is 117 Å². The SMILES string of the molecule is COc1ccc2c(C)c3c(nc2c1)O[C@H]1CN(C(=O)[C@H](C(C)(C)C)NC(=O)O[C@@H]2CCC[C@H]2CCCCC3(F)F)[C@H]([C-]=O)[C@@H]1C.COc1ccc2c(C)c3c(nc2c1)O[C@H]1CN(C(=O)[C@H](C(C)(C)C)NC(=O)O[C@]2(C)CCC[C@H]2CCCCC3(F)F)[C@H]([C-]=O)[C@@H]1C.COc1ccc2c(C)c3c(nc2c1)O[C@H]1CN(C(=O)[C@H](C(C)(C)C)NC(=O)O[C@]2(C)C[C@H]2CCCCC3(F)F)[C@H]([C-]=O)[C@@H]1C.[V].[V].[V]. The molecule has 138 heavy (non-hydrogen) atoms. The van der Waals surface area contributed by atoms with Gasteiger partial charge in [-0.25, -0.2) is 74.5 Å². The Morgan fingerprint density at radius 1 is 0.399 bits per heavy atom. The minimum absolute atomic E-state index is 0. The van der Waals surface area contributed by atoms with Gasteiger partial charge in [0.2, 0.25) is 35.4 Å². The van der Waals surface area contributed by atoms with E-state index >= 15 is 26.3 Å². The van der Waals surface area contributed by atoms with Crippen molar-refractivity contribution in [3.63, 3.8) is 0 Å². The number of carbonyl (C=O) groups is 6. The first-order valence-electron chi connectivity index (χ1n) is 47.5. The summed E-state index contributed by atoms with van der Waals surface area (Å²) in [5.41, 5.74) is -2.22. The van der Waals surface area contributed by atoms with Crippen LogP contribution in [0.3, 0.4) is 0 Å². The molecular formula is C102H132F6N9O18V3-3. The van der Waals surface area contributed by atoms with Gasteiger partial charge in [0, 0.05) is 115 Å². The van der Waals surface area contributed by atoms with Crippen molar-refractivity contribution < 1.29 is 168 Å². The zero-order chi connectivity index (χ0) is 98.5. The number of methoxy groups -OCH3 is 3. The average Bonchev–Trinajstić information content (AvgIpc) is 1.34. The Bertz CT molecular complexity index is 5450. The largest absolute Gasteiger partial charge is 0.540 e. The second-order valence-corrected chi connectivity index (χ2v) is 42.3. The van der Waals surface area contributed by atoms with Gasteiger partial charge < -0.3 is 87.7 Å². The summed E-state index contributed by atoms with van der Waals surface area (Å²) in [5.74, 6) is -12.1. The maximum atomic E-state index is 16.3. The van der Waals surface area contributed by atoms with Crippen LogP contribution < -0.4 is 44.4 Å². The number of nitrogens with zero attached hydrogens (tertiary/aromatic N) is 6. The van der Waals surface area contributed by atoms with Crippen molar-refractivity contribution in [2.24, 2.45) is 51.8 Å². The van der Waals surface area contributed by atoms with E-state index in [9.17, 15) is 43.2 Å². The molecule has 6 bridgehead atoms. The van der Waals surface area contributed by atoms with E-state index in [4.69, 9.17) is 42.6 Å². The number of carbonyl (C=O) groups excluding carboxylic acids is 9. The Hall–Kier alpha value is -8.75. The van der Waals surface area contributed by atoms with Gasteiger partial charge in [0.15, 0.2) is 0 Å². The topological polar surface area (TPSA) is 321 Å². The molecule has 9 heterocycles. The van der Waals surface area contributed by atoms with Crippen molar-refractivity contribution in [2.45, 2.75) is 329 Å². The summed E-state index contributed by atoms with van der Waals surface area (Å²) < 4.78 is 150. The second-order valence-electron chi connectivity index (χ2n) is 42.3. The number of pyridine rings is 3. The Morgan fingerprint density at radius 2 is 0.710 bits per heavy atom. The molecule has 6 aromatic rings. The van der Waals surface area contributed by atoms with Crippen LogP contribution in [0.1, 0.15) is 252 Å². The van der Waals surface area contributed by atoms with Crippen LogP contribution in [0.5, 0.6) is 34.9 Å². The molecule has 6 aliphatic heterocycles. The summed E-state index contributed by atoms with van der Waals surface area (Å²) in [6.45, 7) is 29.9. The molecule has 3 N–H and O–H groups in total. The molecule has 3 aromatic carbocycles. The molecule has 27 nitrogen and oxygen atoms in total. The van der Waals surface area contributed by atoms with Crippen molar-refractivity contribution in [2.75, 3.05) is 41.0 Å². The zero-order valence-electron chi connectivity index (χ0n) is 82.6. The van der Waals surface area contributed by atoms with Crippen LogP contribution in [0.4, 0.5) is 40.7 Å². The second kappa shape index (κ2) is 44.0. The first-order valence-corrected chi connectivity index (χ1v) is 47.5. The molecule has 753 valence electrons. The van der Waals surface area contributed by atoms with Crippen LogP contribution in [-0.2, 0) is 116 Å². The van der Waals surface area contributed by atoms with Crippen molar-refractivity contribution in [1.29, 1.82) is 0 Å². The van der Waals surface area contributed by atoms with Crippen molar-refractivity contribution in [3.05, 3.63) is 88.0 Å². The van der Waals surface area contributed by atoms with Gasteiger partial charge in [-0.05, 0) is 217 Å². The van der Waals surface area contributed by atoms with Crippen molar-refractivity contribution in [3.8, 4) is 34.9 Å². The smallest absolute Gasteiger partial charge is 0.408 e. The van der Waals surface area contributed by atoms with E-state index in [-0.39, 0.29) is 153 Å². The Morgan fingerprint density at radius 3 is 1.04 bits per heavy atom. The van der Waals surface area contributed by atoms with Gasteiger partial charge >= 0.3 is 18.3 Å². The minimum atomic E-state index is -3.27. The van der Waals surface area contributed by atoms with E-state index in [1.807, 2.05) is 74.2 Å². The van der Waals surface area contributed by atoms with Gasteiger partial charge in [-0.15, -0.1) is 0 Å². The molecule has 15 rings (SSSR count). The van der Waals surface area contributed by atoms with E-state index in [0.29, 0.717) is 124 Å². The molecule has 6 fully saturated rings. The number of aromatic nitrogens is 3. The maximum Gasteiger partial charge on any atom is 0.408 e. The normalized spacial score (nSPS) is 29.7. The number of ether oxygens (including phenoxy) is 9. The fraction of sp³-hybridized carbons (Fsp3) is 0.647. The van der Waals surface area contributed by atoms with E-state index in [2.05, 4.69) is 30.9 Å². The monoisotopic (exact) mass is 2040 g/mol. The van der Waals surface area contributed by atoms with E-state index < -0.39 is 173 Å². The molecule has 3 radical (unpaired) electrons. The van der Waals surface area contributed by atoms with Gasteiger partial charge in [0.25, 0.3) is 17.8 Å². The molecule has 0 unspecified atom stereocenters. The van der Waals surface area contributed by atoms with Gasteiger partial charge in [0.1, 0.15) is 71.0 Å². The van der Waals surface area contributed by atoms with Gasteiger partial charge in [-0.1, -0.05) is 120 Å². The van der Waals surface area contributed by atoms with Gasteiger partial charge in [0.05, 0.1) is 74.2 Å². The fourth-order valence-corrected chi connectivity index (χ4v) is 21.3. The molecule has 18 atom stereocenters. The molecule has 3 aromatic heterocycles. The number of hydrogen-bond donors (Lipinski definition) is 3. The van der Waals surface area contributed by atoms with Crippen LogP contribution in [-0.4, -0.2) is 197 Å². The first kappa shape index (κ1) is 111. The number of halogens is 6. The molecule has 0 spiro atoms. The van der Waals surface area contributed by atoms with Crippen LogP contribution in [0.2, 0.25) is 0 Å². The minimum Gasteiger partial charge on any atom is -0.540 e. The molecule has 3 aliphatic carbocycles. The fourth-order valence-electron chi connectivity index (χ4n) is 21.3. The van der Waals surface area contributed by atoms with E-state index in [0.717, 1.165) is 25.7 Å². The molecule has 3 saturated carbocycles. The predicted octanol–water partition coefficient (Wildman–Crippen LogP) is 18.7. The first-order chi connectivity index (χ1) is 63.4. The predicted molar refractivity (Wildman–Crippen MR) is 492 cm³/mol. The molecule has 6 amide bonds. The zero-order valence-corrected chi connectivity index (χ0v) is 86.8. The van der Waals surface area contributed by atoms with E-state index in [1.165, 1.54) is 36.0 Å². The molecular weight excluding hydrogens is 1910 g/mol. The van der Waals surface area contributed by atoms with Crippen LogP contribution >= 0.6 is 0 Å².